The average Bonchev–Trinajstić information content (AvgIpc) is 3.42. The van der Waals surface area contributed by atoms with Crippen molar-refractivity contribution in [3.8, 4) is 11.1 Å². The van der Waals surface area contributed by atoms with E-state index in [1.54, 1.807) is 12.4 Å². The van der Waals surface area contributed by atoms with Gasteiger partial charge in [0.1, 0.15) is 16.4 Å². The lowest BCUT2D eigenvalue weighted by Crippen LogP contribution is -2.54. The van der Waals surface area contributed by atoms with E-state index < -0.39 is 26.8 Å². The molecular weight excluding hydrogens is 607 g/mol. The summed E-state index contributed by atoms with van der Waals surface area (Å²) in [5, 5.41) is 0.601. The summed E-state index contributed by atoms with van der Waals surface area (Å²) in [5.41, 5.74) is 1.49. The van der Waals surface area contributed by atoms with Crippen molar-refractivity contribution in [3.63, 3.8) is 0 Å². The maximum absolute atomic E-state index is 13.8. The van der Waals surface area contributed by atoms with Gasteiger partial charge in [0.25, 0.3) is 0 Å². The Morgan fingerprint density at radius 3 is 2.38 bits per heavy atom. The Bertz CT molecular complexity index is 1800. The van der Waals surface area contributed by atoms with Gasteiger partial charge < -0.3 is 19.3 Å². The Kier molecular flexibility index (Phi) is 8.18. The number of amides is 1. The average molecular weight is 642 g/mol. The molecule has 1 unspecified atom stereocenters. The predicted molar refractivity (Wildman–Crippen MR) is 166 cm³/mol. The first kappa shape index (κ1) is 30.8. The lowest BCUT2D eigenvalue weighted by molar-refractivity contribution is -0.137. The van der Waals surface area contributed by atoms with Gasteiger partial charge in [0, 0.05) is 92.0 Å². The Hall–Kier alpha value is -4.20. The molecule has 10 nitrogen and oxygen atoms in total. The summed E-state index contributed by atoms with van der Waals surface area (Å²) in [5.74, 6) is 0.368. The minimum atomic E-state index is -4.53. The van der Waals surface area contributed by atoms with Crippen LogP contribution in [0, 0.1) is 0 Å². The molecule has 4 aromatic rings. The van der Waals surface area contributed by atoms with E-state index in [1.807, 2.05) is 44.5 Å². The molecule has 1 atom stereocenters. The number of nitrogens with zero attached hydrogens (tertiary/aromatic N) is 7. The molecule has 2 aliphatic heterocycles. The van der Waals surface area contributed by atoms with Crippen LogP contribution < -0.4 is 9.80 Å². The van der Waals surface area contributed by atoms with Crippen molar-refractivity contribution >= 4 is 38.3 Å². The van der Waals surface area contributed by atoms with E-state index in [9.17, 15) is 26.4 Å². The molecule has 1 aromatic carbocycles. The second-order valence-corrected chi connectivity index (χ2v) is 14.1. The van der Waals surface area contributed by atoms with Crippen LogP contribution in [0.2, 0.25) is 0 Å². The molecule has 14 heteroatoms. The number of anilines is 2. The second kappa shape index (κ2) is 12.0. The van der Waals surface area contributed by atoms with E-state index >= 15 is 0 Å². The summed E-state index contributed by atoms with van der Waals surface area (Å²) in [4.78, 5) is 32.1. The maximum atomic E-state index is 13.8. The topological polar surface area (TPSA) is 105 Å². The number of fused-ring (bicyclic) bond motifs is 1. The molecule has 2 saturated heterocycles. The van der Waals surface area contributed by atoms with Crippen LogP contribution in [0.1, 0.15) is 25.3 Å². The molecule has 0 saturated carbocycles. The molecule has 5 heterocycles. The van der Waals surface area contributed by atoms with Crippen molar-refractivity contribution in [2.24, 2.45) is 0 Å². The highest BCUT2D eigenvalue weighted by molar-refractivity contribution is 7.91. The summed E-state index contributed by atoms with van der Waals surface area (Å²) in [6.45, 7) is 4.35. The monoisotopic (exact) mass is 641 g/mol. The molecular formula is C31H34F3N7O3S. The number of alkyl halides is 3. The van der Waals surface area contributed by atoms with Crippen LogP contribution in [0.4, 0.5) is 24.8 Å². The fraction of sp³-hybridized carbons (Fsp3) is 0.419. The molecule has 1 amide bonds. The third-order valence-corrected chi connectivity index (χ3v) is 10.5. The molecule has 0 aliphatic carbocycles. The van der Waals surface area contributed by atoms with Crippen LogP contribution in [-0.4, -0.2) is 89.0 Å². The number of sulfone groups is 1. The summed E-state index contributed by atoms with van der Waals surface area (Å²) in [6.07, 6.45) is 5.98. The van der Waals surface area contributed by atoms with E-state index in [-0.39, 0.29) is 18.5 Å². The number of benzene rings is 1. The zero-order valence-corrected chi connectivity index (χ0v) is 25.8. The Balaban J connectivity index is 1.20. The minimum absolute atomic E-state index is 0.0410. The van der Waals surface area contributed by atoms with Crippen LogP contribution in [0.5, 0.6) is 0 Å². The van der Waals surface area contributed by atoms with Gasteiger partial charge >= 0.3 is 6.18 Å². The van der Waals surface area contributed by atoms with Crippen molar-refractivity contribution < 1.29 is 26.4 Å². The van der Waals surface area contributed by atoms with Crippen molar-refractivity contribution in [1.29, 1.82) is 0 Å². The Morgan fingerprint density at radius 1 is 0.978 bits per heavy atom. The van der Waals surface area contributed by atoms with Crippen molar-refractivity contribution in [3.05, 3.63) is 66.9 Å². The van der Waals surface area contributed by atoms with Gasteiger partial charge in [-0.2, -0.15) is 13.2 Å². The summed E-state index contributed by atoms with van der Waals surface area (Å²) in [6, 6.07) is 7.32. The van der Waals surface area contributed by atoms with Gasteiger partial charge in [-0.15, -0.1) is 0 Å². The van der Waals surface area contributed by atoms with Crippen LogP contribution in [0.15, 0.2) is 61.3 Å². The van der Waals surface area contributed by atoms with Crippen LogP contribution in [0.25, 0.3) is 22.0 Å². The van der Waals surface area contributed by atoms with E-state index in [0.29, 0.717) is 68.3 Å². The van der Waals surface area contributed by atoms with Crippen LogP contribution >= 0.6 is 0 Å². The second-order valence-electron chi connectivity index (χ2n) is 11.8. The van der Waals surface area contributed by atoms with E-state index in [4.69, 9.17) is 0 Å². The molecule has 0 radical (unpaired) electrons. The minimum Gasteiger partial charge on any atom is -0.367 e. The quantitative estimate of drug-likeness (QED) is 0.308. The van der Waals surface area contributed by atoms with Gasteiger partial charge in [-0.1, -0.05) is 0 Å². The molecule has 2 fully saturated rings. The molecule has 238 valence electrons. The van der Waals surface area contributed by atoms with Crippen molar-refractivity contribution in [1.82, 2.24) is 24.4 Å². The fourth-order valence-electron chi connectivity index (χ4n) is 6.28. The number of halogens is 3. The van der Waals surface area contributed by atoms with Gasteiger partial charge in [-0.05, 0) is 50.1 Å². The fourth-order valence-corrected chi connectivity index (χ4v) is 7.34. The molecule has 3 aromatic heterocycles. The molecule has 0 spiro atoms. The Morgan fingerprint density at radius 2 is 1.71 bits per heavy atom. The van der Waals surface area contributed by atoms with E-state index in [2.05, 4.69) is 15.0 Å². The molecule has 6 rings (SSSR count). The number of piperazine rings is 1. The SMILES string of the molecule is CC1CN(c2ccc(C(F)(F)F)cc2-c2cnc(N3CCC(S(C)(=O)=O)CC3)nc2)CCN1C(=O)Cn1ccc2ccncc21. The van der Waals surface area contributed by atoms with Gasteiger partial charge in [0.05, 0.1) is 22.5 Å². The number of hydrogen-bond donors (Lipinski definition) is 0. The zero-order valence-electron chi connectivity index (χ0n) is 25.0. The number of rotatable bonds is 6. The molecule has 45 heavy (non-hydrogen) atoms. The number of carbonyl (C=O) groups is 1. The number of aromatic nitrogens is 4. The van der Waals surface area contributed by atoms with Crippen molar-refractivity contribution in [2.45, 2.75) is 43.8 Å². The normalized spacial score (nSPS) is 18.5. The van der Waals surface area contributed by atoms with Gasteiger partial charge in [-0.25, -0.2) is 18.4 Å². The first-order valence-electron chi connectivity index (χ1n) is 14.8. The van der Waals surface area contributed by atoms with E-state index in [0.717, 1.165) is 23.0 Å². The number of piperidine rings is 1. The smallest absolute Gasteiger partial charge is 0.367 e. The lowest BCUT2D eigenvalue weighted by Gasteiger charge is -2.41. The van der Waals surface area contributed by atoms with Gasteiger partial charge in [0.15, 0.2) is 0 Å². The third-order valence-electron chi connectivity index (χ3n) is 8.77. The standard InChI is InChI=1S/C31H34F3N7O3S/c1-21-19-40(13-14-41(21)29(42)20-39-10-6-22-5-9-35-18-28(22)39)27-4-3-24(31(32,33)34)15-26(27)23-16-36-30(37-17-23)38-11-7-25(8-12-38)45(2,43)44/h3-6,9-10,15-18,21,25H,7-8,11-14,19-20H2,1-2H3. The Labute approximate surface area is 259 Å². The highest BCUT2D eigenvalue weighted by atomic mass is 32.2. The van der Waals surface area contributed by atoms with Gasteiger partial charge in [0.2, 0.25) is 11.9 Å². The summed E-state index contributed by atoms with van der Waals surface area (Å²) < 4.78 is 67.1. The molecule has 2 aliphatic rings. The zero-order chi connectivity index (χ0) is 31.9. The lowest BCUT2D eigenvalue weighted by atomic mass is 10.0. The number of pyridine rings is 1. The predicted octanol–water partition coefficient (Wildman–Crippen LogP) is 4.26. The van der Waals surface area contributed by atoms with Crippen LogP contribution in [0.3, 0.4) is 0 Å². The first-order chi connectivity index (χ1) is 21.4. The summed E-state index contributed by atoms with van der Waals surface area (Å²) in [7, 11) is -3.13. The summed E-state index contributed by atoms with van der Waals surface area (Å²) >= 11 is 0. The molecule has 0 N–H and O–H groups in total. The largest absolute Gasteiger partial charge is 0.416 e. The highest BCUT2D eigenvalue weighted by Gasteiger charge is 2.34. The van der Waals surface area contributed by atoms with E-state index in [1.165, 1.54) is 24.7 Å². The molecule has 0 bridgehead atoms. The maximum Gasteiger partial charge on any atom is 0.416 e. The van der Waals surface area contributed by atoms with Crippen molar-refractivity contribution in [2.75, 3.05) is 48.8 Å². The number of carbonyl (C=O) groups excluding carboxylic acids is 1. The van der Waals surface area contributed by atoms with Crippen LogP contribution in [-0.2, 0) is 27.4 Å². The highest BCUT2D eigenvalue weighted by Crippen LogP contribution is 2.38. The first-order valence-corrected chi connectivity index (χ1v) is 16.7. The van der Waals surface area contributed by atoms with Gasteiger partial charge in [-0.3, -0.25) is 9.78 Å². The third kappa shape index (κ3) is 6.46. The number of hydrogen-bond acceptors (Lipinski definition) is 8.